The van der Waals surface area contributed by atoms with E-state index in [4.69, 9.17) is 11.6 Å². The van der Waals surface area contributed by atoms with E-state index in [1.54, 1.807) is 18.5 Å². The fourth-order valence-corrected chi connectivity index (χ4v) is 5.59. The molecule has 9 heteroatoms. The van der Waals surface area contributed by atoms with Crippen molar-refractivity contribution < 1.29 is 9.59 Å². The lowest BCUT2D eigenvalue weighted by molar-refractivity contribution is -0.116. The summed E-state index contributed by atoms with van der Waals surface area (Å²) < 4.78 is 0. The molecule has 0 radical (unpaired) electrons. The van der Waals surface area contributed by atoms with Gasteiger partial charge in [0.15, 0.2) is 5.82 Å². The van der Waals surface area contributed by atoms with Gasteiger partial charge in [-0.05, 0) is 62.4 Å². The van der Waals surface area contributed by atoms with Crippen LogP contribution < -0.4 is 5.32 Å². The Morgan fingerprint density at radius 3 is 2.24 bits per heavy atom. The first kappa shape index (κ1) is 25.3. The lowest BCUT2D eigenvalue weighted by Gasteiger charge is -2.22. The SMILES string of the molecule is Cc1ccc(NC(=O)CCN2CC3CN(C(=O)c4c(C)nc(-c5ccncc5)nc4C)CC3C2)cc1Cl. The zero-order chi connectivity index (χ0) is 26.1. The molecule has 2 atom stereocenters. The summed E-state index contributed by atoms with van der Waals surface area (Å²) in [5, 5.41) is 3.58. The number of anilines is 1. The van der Waals surface area contributed by atoms with Gasteiger partial charge in [-0.3, -0.25) is 14.6 Å². The molecule has 4 heterocycles. The Bertz CT molecular complexity index is 1290. The summed E-state index contributed by atoms with van der Waals surface area (Å²) in [7, 11) is 0. The van der Waals surface area contributed by atoms with Crippen molar-refractivity contribution in [3.63, 3.8) is 0 Å². The fraction of sp³-hybridized carbons (Fsp3) is 0.393. The largest absolute Gasteiger partial charge is 0.338 e. The van der Waals surface area contributed by atoms with E-state index in [9.17, 15) is 9.59 Å². The molecule has 37 heavy (non-hydrogen) atoms. The molecular weight excluding hydrogens is 488 g/mol. The molecule has 1 N–H and O–H groups in total. The summed E-state index contributed by atoms with van der Waals surface area (Å²) in [6.07, 6.45) is 3.84. The van der Waals surface area contributed by atoms with Crippen LogP contribution in [-0.2, 0) is 4.79 Å². The molecule has 0 spiro atoms. The lowest BCUT2D eigenvalue weighted by Crippen LogP contribution is -2.35. The lowest BCUT2D eigenvalue weighted by atomic mass is 10.0. The highest BCUT2D eigenvalue weighted by Gasteiger charge is 2.42. The smallest absolute Gasteiger partial charge is 0.257 e. The number of aryl methyl sites for hydroxylation is 3. The first-order valence-electron chi connectivity index (χ1n) is 12.6. The van der Waals surface area contributed by atoms with E-state index >= 15 is 0 Å². The minimum absolute atomic E-state index is 0.00775. The zero-order valence-corrected chi connectivity index (χ0v) is 22.1. The molecule has 3 aromatic rings. The first-order chi connectivity index (χ1) is 17.8. The minimum atomic E-state index is -0.0186. The molecule has 0 aliphatic carbocycles. The van der Waals surface area contributed by atoms with E-state index in [0.717, 1.165) is 43.0 Å². The predicted molar refractivity (Wildman–Crippen MR) is 143 cm³/mol. The molecule has 2 unspecified atom stereocenters. The number of rotatable bonds is 6. The maximum Gasteiger partial charge on any atom is 0.257 e. The molecule has 8 nitrogen and oxygen atoms in total. The van der Waals surface area contributed by atoms with Crippen LogP contribution in [0.15, 0.2) is 42.7 Å². The van der Waals surface area contributed by atoms with E-state index in [1.807, 2.05) is 49.9 Å². The summed E-state index contributed by atoms with van der Waals surface area (Å²) in [5.74, 6) is 1.43. The Labute approximate surface area is 222 Å². The molecule has 2 amide bonds. The van der Waals surface area contributed by atoms with Crippen LogP contribution in [-0.4, -0.2) is 69.3 Å². The molecule has 1 aromatic carbocycles. The van der Waals surface area contributed by atoms with Crippen molar-refractivity contribution in [3.8, 4) is 11.4 Å². The van der Waals surface area contributed by atoms with E-state index in [-0.39, 0.29) is 11.8 Å². The second-order valence-corrected chi connectivity index (χ2v) is 10.5. The third-order valence-corrected chi connectivity index (χ3v) is 7.79. The van der Waals surface area contributed by atoms with Crippen LogP contribution >= 0.6 is 11.6 Å². The number of nitrogens with one attached hydrogen (secondary N) is 1. The number of carbonyl (C=O) groups excluding carboxylic acids is 2. The van der Waals surface area contributed by atoms with Crippen molar-refractivity contribution in [1.82, 2.24) is 24.8 Å². The number of carbonyl (C=O) groups is 2. The zero-order valence-electron chi connectivity index (χ0n) is 21.4. The number of aromatic nitrogens is 3. The standard InChI is InChI=1S/C28H31ClN6O2/c1-17-4-5-23(12-24(17)29)33-25(36)8-11-34-13-21-15-35(16-22(21)14-34)28(37)26-18(2)31-27(32-19(26)3)20-6-9-30-10-7-20/h4-7,9-10,12,21-22H,8,11,13-16H2,1-3H3,(H,33,36). The fourth-order valence-electron chi connectivity index (χ4n) is 5.41. The molecule has 5 rings (SSSR count). The number of amides is 2. The topological polar surface area (TPSA) is 91.3 Å². The van der Waals surface area contributed by atoms with Gasteiger partial charge in [-0.1, -0.05) is 17.7 Å². The molecule has 2 aliphatic heterocycles. The quantitative estimate of drug-likeness (QED) is 0.527. The number of hydrogen-bond acceptors (Lipinski definition) is 6. The molecule has 192 valence electrons. The molecule has 0 bridgehead atoms. The Hall–Kier alpha value is -3.36. The van der Waals surface area contributed by atoms with Crippen LogP contribution in [0.2, 0.25) is 5.02 Å². The van der Waals surface area contributed by atoms with Crippen molar-refractivity contribution in [1.29, 1.82) is 0 Å². The average Bonchev–Trinajstić information content (AvgIpc) is 3.44. The van der Waals surface area contributed by atoms with Gasteiger partial charge < -0.3 is 15.1 Å². The number of likely N-dealkylation sites (tertiary alicyclic amines) is 2. The van der Waals surface area contributed by atoms with Gasteiger partial charge in [-0.2, -0.15) is 0 Å². The van der Waals surface area contributed by atoms with Crippen LogP contribution in [0.1, 0.15) is 33.7 Å². The third-order valence-electron chi connectivity index (χ3n) is 7.38. The Balaban J connectivity index is 1.15. The van der Waals surface area contributed by atoms with E-state index in [2.05, 4.69) is 25.2 Å². The van der Waals surface area contributed by atoms with Gasteiger partial charge in [0, 0.05) is 67.8 Å². The minimum Gasteiger partial charge on any atom is -0.338 e. The summed E-state index contributed by atoms with van der Waals surface area (Å²) in [6, 6.07) is 9.28. The van der Waals surface area contributed by atoms with Crippen molar-refractivity contribution >= 4 is 29.1 Å². The van der Waals surface area contributed by atoms with Crippen LogP contribution in [0.3, 0.4) is 0 Å². The Morgan fingerprint density at radius 1 is 0.973 bits per heavy atom. The van der Waals surface area contributed by atoms with Crippen LogP contribution in [0.25, 0.3) is 11.4 Å². The van der Waals surface area contributed by atoms with Crippen molar-refractivity contribution in [2.45, 2.75) is 27.2 Å². The number of hydrogen-bond donors (Lipinski definition) is 1. The van der Waals surface area contributed by atoms with E-state index < -0.39 is 0 Å². The molecule has 2 fully saturated rings. The number of fused-ring (bicyclic) bond motifs is 1. The number of halogens is 1. The van der Waals surface area contributed by atoms with Gasteiger partial charge in [0.05, 0.1) is 17.0 Å². The molecule has 0 saturated carbocycles. The molecule has 2 saturated heterocycles. The predicted octanol–water partition coefficient (Wildman–Crippen LogP) is 4.15. The number of nitrogens with zero attached hydrogens (tertiary/aromatic N) is 5. The number of pyridine rings is 1. The van der Waals surface area contributed by atoms with Crippen molar-refractivity contribution in [2.75, 3.05) is 38.0 Å². The molecular formula is C28H31ClN6O2. The Kier molecular flexibility index (Phi) is 7.22. The number of benzene rings is 1. The normalized spacial score (nSPS) is 19.2. The van der Waals surface area contributed by atoms with E-state index in [0.29, 0.717) is 52.6 Å². The van der Waals surface area contributed by atoms with Crippen LogP contribution in [0, 0.1) is 32.6 Å². The monoisotopic (exact) mass is 518 g/mol. The van der Waals surface area contributed by atoms with Gasteiger partial charge >= 0.3 is 0 Å². The van der Waals surface area contributed by atoms with Crippen molar-refractivity contribution in [2.24, 2.45) is 11.8 Å². The highest BCUT2D eigenvalue weighted by Crippen LogP contribution is 2.33. The molecule has 2 aromatic heterocycles. The first-order valence-corrected chi connectivity index (χ1v) is 13.0. The third kappa shape index (κ3) is 5.50. The van der Waals surface area contributed by atoms with E-state index in [1.165, 1.54) is 0 Å². The van der Waals surface area contributed by atoms with Gasteiger partial charge in [-0.15, -0.1) is 0 Å². The summed E-state index contributed by atoms with van der Waals surface area (Å²) >= 11 is 6.16. The average molecular weight is 519 g/mol. The van der Waals surface area contributed by atoms with Gasteiger partial charge in [-0.25, -0.2) is 9.97 Å². The van der Waals surface area contributed by atoms with Crippen LogP contribution in [0.5, 0.6) is 0 Å². The summed E-state index contributed by atoms with van der Waals surface area (Å²) in [4.78, 5) is 43.5. The maximum atomic E-state index is 13.4. The van der Waals surface area contributed by atoms with Gasteiger partial charge in [0.2, 0.25) is 5.91 Å². The summed E-state index contributed by atoms with van der Waals surface area (Å²) in [5.41, 5.74) is 4.58. The van der Waals surface area contributed by atoms with Gasteiger partial charge in [0.1, 0.15) is 0 Å². The second-order valence-electron chi connectivity index (χ2n) is 10.1. The van der Waals surface area contributed by atoms with Gasteiger partial charge in [0.25, 0.3) is 5.91 Å². The highest BCUT2D eigenvalue weighted by atomic mass is 35.5. The Morgan fingerprint density at radius 2 is 1.62 bits per heavy atom. The molecule has 2 aliphatic rings. The maximum absolute atomic E-state index is 13.4. The highest BCUT2D eigenvalue weighted by molar-refractivity contribution is 6.31. The van der Waals surface area contributed by atoms with Crippen LogP contribution in [0.4, 0.5) is 5.69 Å². The second kappa shape index (κ2) is 10.6. The van der Waals surface area contributed by atoms with Crippen molar-refractivity contribution in [3.05, 3.63) is 70.3 Å². The summed E-state index contributed by atoms with van der Waals surface area (Å²) in [6.45, 7) is 9.62.